The van der Waals surface area contributed by atoms with Gasteiger partial charge in [-0.15, -0.1) is 0 Å². The number of esters is 1. The van der Waals surface area contributed by atoms with Crippen LogP contribution in [0.2, 0.25) is 18.1 Å². The fraction of sp³-hybridized carbons (Fsp3) is 0.767. The molecule has 1 aliphatic heterocycles. The molecule has 0 saturated heterocycles. The third-order valence-corrected chi connectivity index (χ3v) is 13.4. The standard InChI is InChI=1S/C30H52BrNO3Si/c1-9-11-13-14-15-16-17-23-21-28-24(20-26(23)31)19-25(22-34-36(7,8)30(3,4)5)35-29(33)27(32(28)6)18-12-10-2/h20-21,25,27H,9-19,22H2,1-8H3/t25?,27-/m0/s1. The number of hydrogen-bond donors (Lipinski definition) is 0. The van der Waals surface area contributed by atoms with Crippen molar-refractivity contribution in [2.45, 2.75) is 136 Å². The van der Waals surface area contributed by atoms with Crippen molar-refractivity contribution in [3.05, 3.63) is 27.7 Å². The van der Waals surface area contributed by atoms with Gasteiger partial charge in [0, 0.05) is 23.6 Å². The van der Waals surface area contributed by atoms with Crippen LogP contribution in [-0.2, 0) is 26.8 Å². The number of hydrogen-bond acceptors (Lipinski definition) is 4. The van der Waals surface area contributed by atoms with E-state index in [0.29, 0.717) is 13.0 Å². The van der Waals surface area contributed by atoms with E-state index in [-0.39, 0.29) is 23.2 Å². The summed E-state index contributed by atoms with van der Waals surface area (Å²) in [7, 11) is 0.124. The van der Waals surface area contributed by atoms with Crippen molar-refractivity contribution in [3.8, 4) is 0 Å². The molecule has 0 spiro atoms. The molecule has 0 fully saturated rings. The van der Waals surface area contributed by atoms with Gasteiger partial charge in [0.05, 0.1) is 6.61 Å². The fourth-order valence-corrected chi connectivity index (χ4v) is 6.23. The summed E-state index contributed by atoms with van der Waals surface area (Å²) in [4.78, 5) is 15.5. The van der Waals surface area contributed by atoms with Crippen molar-refractivity contribution >= 4 is 35.9 Å². The predicted molar refractivity (Wildman–Crippen MR) is 160 cm³/mol. The van der Waals surface area contributed by atoms with Crippen molar-refractivity contribution in [3.63, 3.8) is 0 Å². The Morgan fingerprint density at radius 3 is 2.33 bits per heavy atom. The first-order valence-corrected chi connectivity index (χ1v) is 18.0. The summed E-state index contributed by atoms with van der Waals surface area (Å²) in [5.41, 5.74) is 3.75. The molecule has 2 rings (SSSR count). The molecule has 1 aromatic carbocycles. The van der Waals surface area contributed by atoms with Gasteiger partial charge in [-0.2, -0.15) is 0 Å². The summed E-state index contributed by atoms with van der Waals surface area (Å²) in [5.74, 6) is -0.110. The zero-order valence-corrected chi connectivity index (χ0v) is 26.9. The molecule has 0 aromatic heterocycles. The quantitative estimate of drug-likeness (QED) is 0.132. The van der Waals surface area contributed by atoms with Crippen LogP contribution in [0, 0.1) is 0 Å². The number of cyclic esters (lactones) is 1. The summed E-state index contributed by atoms with van der Waals surface area (Å²) in [5, 5.41) is 0.120. The lowest BCUT2D eigenvalue weighted by atomic mass is 9.97. The number of anilines is 1. The number of carbonyl (C=O) groups is 1. The van der Waals surface area contributed by atoms with Gasteiger partial charge in [-0.1, -0.05) is 95.5 Å². The van der Waals surface area contributed by atoms with Crippen molar-refractivity contribution in [2.24, 2.45) is 0 Å². The smallest absolute Gasteiger partial charge is 0.329 e. The second-order valence-corrected chi connectivity index (χ2v) is 17.9. The molecular weight excluding hydrogens is 530 g/mol. The van der Waals surface area contributed by atoms with Gasteiger partial charge in [-0.05, 0) is 60.7 Å². The highest BCUT2D eigenvalue weighted by Crippen LogP contribution is 2.38. The number of fused-ring (bicyclic) bond motifs is 1. The van der Waals surface area contributed by atoms with E-state index in [9.17, 15) is 4.79 Å². The van der Waals surface area contributed by atoms with E-state index in [4.69, 9.17) is 9.16 Å². The molecule has 1 unspecified atom stereocenters. The van der Waals surface area contributed by atoms with Gasteiger partial charge in [0.25, 0.3) is 0 Å². The summed E-state index contributed by atoms with van der Waals surface area (Å²) in [6.45, 7) is 16.2. The maximum absolute atomic E-state index is 13.4. The second-order valence-electron chi connectivity index (χ2n) is 12.2. The molecule has 6 heteroatoms. The van der Waals surface area contributed by atoms with Crippen LogP contribution < -0.4 is 4.90 Å². The largest absolute Gasteiger partial charge is 0.458 e. The van der Waals surface area contributed by atoms with Crippen LogP contribution in [-0.4, -0.2) is 40.1 Å². The Hall–Kier alpha value is -0.853. The Kier molecular flexibility index (Phi) is 12.5. The lowest BCUT2D eigenvalue weighted by Crippen LogP contribution is -2.47. The van der Waals surface area contributed by atoms with Crippen LogP contribution in [0.15, 0.2) is 16.6 Å². The van der Waals surface area contributed by atoms with Crippen LogP contribution in [0.5, 0.6) is 0 Å². The highest BCUT2D eigenvalue weighted by molar-refractivity contribution is 9.10. The first-order chi connectivity index (χ1) is 16.9. The van der Waals surface area contributed by atoms with Crippen molar-refractivity contribution in [2.75, 3.05) is 18.6 Å². The molecule has 0 N–H and O–H groups in total. The number of rotatable bonds is 13. The summed E-state index contributed by atoms with van der Waals surface area (Å²) in [6, 6.07) is 4.34. The van der Waals surface area contributed by atoms with Gasteiger partial charge in [0.2, 0.25) is 0 Å². The zero-order chi connectivity index (χ0) is 26.9. The van der Waals surface area contributed by atoms with Crippen LogP contribution >= 0.6 is 15.9 Å². The topological polar surface area (TPSA) is 38.8 Å². The van der Waals surface area contributed by atoms with Gasteiger partial charge in [-0.3, -0.25) is 0 Å². The van der Waals surface area contributed by atoms with Crippen LogP contribution in [0.3, 0.4) is 0 Å². The molecule has 1 aliphatic rings. The number of likely N-dealkylation sites (N-methyl/N-ethyl adjacent to an activating group) is 1. The lowest BCUT2D eigenvalue weighted by Gasteiger charge is -2.39. The Bertz CT molecular complexity index is 836. The monoisotopic (exact) mass is 581 g/mol. The minimum Gasteiger partial charge on any atom is -0.458 e. The number of unbranched alkanes of at least 4 members (excludes halogenated alkanes) is 6. The summed E-state index contributed by atoms with van der Waals surface area (Å²) < 4.78 is 13.8. The van der Waals surface area contributed by atoms with Crippen molar-refractivity contribution in [1.82, 2.24) is 0 Å². The van der Waals surface area contributed by atoms with Crippen LogP contribution in [0.4, 0.5) is 5.69 Å². The molecule has 0 aliphatic carbocycles. The van der Waals surface area contributed by atoms with Gasteiger partial charge in [0.15, 0.2) is 8.32 Å². The number of carbonyl (C=O) groups excluding carboxylic acids is 1. The van der Waals surface area contributed by atoms with E-state index < -0.39 is 8.32 Å². The molecular formula is C30H52BrNO3Si. The van der Waals surface area contributed by atoms with Gasteiger partial charge in [0.1, 0.15) is 12.1 Å². The lowest BCUT2D eigenvalue weighted by molar-refractivity contribution is -0.152. The predicted octanol–water partition coefficient (Wildman–Crippen LogP) is 8.84. The molecule has 4 nitrogen and oxygen atoms in total. The Morgan fingerprint density at radius 2 is 1.69 bits per heavy atom. The fourth-order valence-electron chi connectivity index (χ4n) is 4.60. The SMILES string of the molecule is CCCCCCCCc1cc2c(cc1Br)CC(CO[Si](C)(C)C(C)(C)C)OC(=O)[C@H](CCCC)N2C. The van der Waals surface area contributed by atoms with Gasteiger partial charge >= 0.3 is 5.97 Å². The van der Waals surface area contributed by atoms with E-state index in [2.05, 4.69) is 87.7 Å². The normalized spacial score (nSPS) is 19.0. The first kappa shape index (κ1) is 31.4. The van der Waals surface area contributed by atoms with E-state index >= 15 is 0 Å². The van der Waals surface area contributed by atoms with E-state index in [1.54, 1.807) is 0 Å². The highest BCUT2D eigenvalue weighted by Gasteiger charge is 2.39. The second kappa shape index (κ2) is 14.3. The molecule has 2 atom stereocenters. The number of aryl methyl sites for hydroxylation is 1. The molecule has 1 aromatic rings. The maximum atomic E-state index is 13.4. The number of nitrogens with zero attached hydrogens (tertiary/aromatic N) is 1. The Labute approximate surface area is 231 Å². The summed E-state index contributed by atoms with van der Waals surface area (Å²) in [6.07, 6.45) is 12.1. The van der Waals surface area contributed by atoms with Crippen molar-refractivity contribution in [1.29, 1.82) is 0 Å². The summed E-state index contributed by atoms with van der Waals surface area (Å²) >= 11 is 3.87. The molecule has 0 bridgehead atoms. The minimum atomic E-state index is -1.94. The van der Waals surface area contributed by atoms with Crippen LogP contribution in [0.1, 0.15) is 104 Å². The minimum absolute atomic E-state index is 0.110. The number of benzene rings is 1. The third kappa shape index (κ3) is 8.87. The number of ether oxygens (including phenoxy) is 1. The first-order valence-electron chi connectivity index (χ1n) is 14.3. The Balaban J connectivity index is 2.29. The average Bonchev–Trinajstić information content (AvgIpc) is 2.79. The van der Waals surface area contributed by atoms with Crippen molar-refractivity contribution < 1.29 is 14.0 Å². The zero-order valence-electron chi connectivity index (χ0n) is 24.3. The van der Waals surface area contributed by atoms with E-state index in [0.717, 1.165) is 25.7 Å². The van der Waals surface area contributed by atoms with E-state index in [1.807, 2.05) is 0 Å². The maximum Gasteiger partial charge on any atom is 0.329 e. The third-order valence-electron chi connectivity index (χ3n) is 8.16. The molecule has 0 saturated carbocycles. The molecule has 36 heavy (non-hydrogen) atoms. The molecule has 0 radical (unpaired) electrons. The average molecular weight is 583 g/mol. The molecule has 206 valence electrons. The van der Waals surface area contributed by atoms with E-state index in [1.165, 1.54) is 59.8 Å². The molecule has 0 amide bonds. The van der Waals surface area contributed by atoms with Gasteiger partial charge < -0.3 is 14.1 Å². The Morgan fingerprint density at radius 1 is 1.06 bits per heavy atom. The highest BCUT2D eigenvalue weighted by atomic mass is 79.9. The van der Waals surface area contributed by atoms with Gasteiger partial charge in [-0.25, -0.2) is 4.79 Å². The van der Waals surface area contributed by atoms with Crippen LogP contribution in [0.25, 0.3) is 0 Å². The number of halogens is 1. The molecule has 1 heterocycles.